The topological polar surface area (TPSA) is 51.6 Å². The van der Waals surface area contributed by atoms with Crippen molar-refractivity contribution < 1.29 is 0 Å². The summed E-state index contributed by atoms with van der Waals surface area (Å²) in [7, 11) is 0. The second-order valence-corrected chi connectivity index (χ2v) is 16.6. The Morgan fingerprint density at radius 2 is 0.636 bits per heavy atom. The van der Waals surface area contributed by atoms with Crippen LogP contribution in [0.3, 0.4) is 0 Å². The van der Waals surface area contributed by atoms with Crippen LogP contribution in [0, 0.1) is 0 Å². The Morgan fingerprint density at radius 3 is 1.15 bits per heavy atom. The summed E-state index contributed by atoms with van der Waals surface area (Å²) in [4.78, 5) is 20.2. The molecule has 4 nitrogen and oxygen atoms in total. The van der Waals surface area contributed by atoms with E-state index in [0.29, 0.717) is 5.82 Å². The number of hydrogen-bond donors (Lipinski definition) is 0. The fourth-order valence-electron chi connectivity index (χ4n) is 9.23. The molecule has 308 valence electrons. The van der Waals surface area contributed by atoms with E-state index in [0.717, 1.165) is 99.6 Å². The molecule has 0 saturated heterocycles. The normalized spacial score (nSPS) is 11.3. The quantitative estimate of drug-likeness (QED) is 0.153. The standard InChI is InChI=1S/C62H40N4/c1-3-11-41(12-4-1)43-19-21-45(22-20-43)51-39-56(48-25-23-44(24-26-48)42-13-5-2-6-14-42)61-57(40-51)60(49-31-27-46(28-32-49)52-35-37-63-58-17-9-7-15-54(52)58)65-62(66-61)50-33-29-47(30-34-50)53-36-38-64-59-18-10-8-16-55(53)59/h1-40H. The molecule has 0 radical (unpaired) electrons. The van der Waals surface area contributed by atoms with Crippen LogP contribution in [0.1, 0.15) is 0 Å². The van der Waals surface area contributed by atoms with E-state index in [1.165, 1.54) is 16.7 Å². The average molecular weight is 841 g/mol. The highest BCUT2D eigenvalue weighted by Crippen LogP contribution is 2.41. The van der Waals surface area contributed by atoms with Gasteiger partial charge in [0.25, 0.3) is 0 Å². The fraction of sp³-hybridized carbons (Fsp3) is 0. The predicted octanol–water partition coefficient (Wildman–Crippen LogP) is 16.1. The van der Waals surface area contributed by atoms with Crippen LogP contribution in [0.2, 0.25) is 0 Å². The second kappa shape index (κ2) is 16.7. The van der Waals surface area contributed by atoms with E-state index in [1.54, 1.807) is 0 Å². The minimum atomic E-state index is 0.662. The van der Waals surface area contributed by atoms with Gasteiger partial charge in [-0.05, 0) is 97.6 Å². The van der Waals surface area contributed by atoms with E-state index >= 15 is 0 Å². The van der Waals surface area contributed by atoms with Gasteiger partial charge in [-0.3, -0.25) is 9.97 Å². The summed E-state index contributed by atoms with van der Waals surface area (Å²) in [5.74, 6) is 0.662. The van der Waals surface area contributed by atoms with Crippen molar-refractivity contribution in [3.05, 3.63) is 243 Å². The summed E-state index contributed by atoms with van der Waals surface area (Å²) < 4.78 is 0. The third-order valence-electron chi connectivity index (χ3n) is 12.7. The van der Waals surface area contributed by atoms with Crippen LogP contribution in [0.5, 0.6) is 0 Å². The molecule has 0 saturated carbocycles. The zero-order valence-corrected chi connectivity index (χ0v) is 35.9. The van der Waals surface area contributed by atoms with Crippen molar-refractivity contribution in [1.29, 1.82) is 0 Å². The molecular formula is C62H40N4. The third-order valence-corrected chi connectivity index (χ3v) is 12.7. The summed E-state index contributed by atoms with van der Waals surface area (Å²) in [6.07, 6.45) is 3.77. The maximum absolute atomic E-state index is 5.50. The first-order valence-electron chi connectivity index (χ1n) is 22.3. The third kappa shape index (κ3) is 7.27. The molecule has 3 aromatic heterocycles. The minimum absolute atomic E-state index is 0.662. The lowest BCUT2D eigenvalue weighted by atomic mass is 9.91. The van der Waals surface area contributed by atoms with Gasteiger partial charge in [-0.2, -0.15) is 0 Å². The molecule has 0 aliphatic heterocycles. The van der Waals surface area contributed by atoms with Gasteiger partial charge >= 0.3 is 0 Å². The second-order valence-electron chi connectivity index (χ2n) is 16.6. The zero-order chi connectivity index (χ0) is 43.8. The smallest absolute Gasteiger partial charge is 0.160 e. The summed E-state index contributed by atoms with van der Waals surface area (Å²) in [6.45, 7) is 0. The molecular weight excluding hydrogens is 801 g/mol. The van der Waals surface area contributed by atoms with Gasteiger partial charge in [-0.15, -0.1) is 0 Å². The number of nitrogens with zero attached hydrogens (tertiary/aromatic N) is 4. The van der Waals surface area contributed by atoms with Crippen molar-refractivity contribution in [1.82, 2.24) is 19.9 Å². The lowest BCUT2D eigenvalue weighted by Gasteiger charge is -2.16. The number of fused-ring (bicyclic) bond motifs is 3. The van der Waals surface area contributed by atoms with Crippen LogP contribution in [0.4, 0.5) is 0 Å². The highest BCUT2D eigenvalue weighted by atomic mass is 14.9. The molecule has 0 atom stereocenters. The van der Waals surface area contributed by atoms with Gasteiger partial charge in [0.15, 0.2) is 5.82 Å². The Bertz CT molecular complexity index is 3690. The maximum atomic E-state index is 5.50. The summed E-state index contributed by atoms with van der Waals surface area (Å²) in [5, 5.41) is 3.22. The average Bonchev–Trinajstić information content (AvgIpc) is 3.40. The lowest BCUT2D eigenvalue weighted by Crippen LogP contribution is -1.98. The van der Waals surface area contributed by atoms with E-state index in [-0.39, 0.29) is 0 Å². The monoisotopic (exact) mass is 840 g/mol. The van der Waals surface area contributed by atoms with Crippen molar-refractivity contribution >= 4 is 32.7 Å². The molecule has 0 aliphatic rings. The van der Waals surface area contributed by atoms with Gasteiger partial charge in [0.2, 0.25) is 0 Å². The van der Waals surface area contributed by atoms with E-state index in [2.05, 4.69) is 228 Å². The molecule has 0 fully saturated rings. The number of benzene rings is 9. The largest absolute Gasteiger partial charge is 0.256 e. The molecule has 0 aliphatic carbocycles. The molecule has 0 spiro atoms. The molecule has 9 aromatic carbocycles. The van der Waals surface area contributed by atoms with Crippen molar-refractivity contribution in [3.8, 4) is 89.4 Å². The molecule has 0 unspecified atom stereocenters. The van der Waals surface area contributed by atoms with Gasteiger partial charge in [0.05, 0.1) is 22.2 Å². The van der Waals surface area contributed by atoms with Gasteiger partial charge in [0.1, 0.15) is 0 Å². The van der Waals surface area contributed by atoms with Crippen LogP contribution >= 0.6 is 0 Å². The van der Waals surface area contributed by atoms with Crippen LogP contribution in [-0.2, 0) is 0 Å². The fourth-order valence-corrected chi connectivity index (χ4v) is 9.23. The Hall–Kier alpha value is -8.86. The molecule has 66 heavy (non-hydrogen) atoms. The molecule has 4 heteroatoms. The van der Waals surface area contributed by atoms with Crippen LogP contribution in [0.25, 0.3) is 122 Å². The van der Waals surface area contributed by atoms with Crippen LogP contribution in [-0.4, -0.2) is 19.9 Å². The van der Waals surface area contributed by atoms with Crippen molar-refractivity contribution in [2.45, 2.75) is 0 Å². The number of hydrogen-bond acceptors (Lipinski definition) is 4. The number of aromatic nitrogens is 4. The van der Waals surface area contributed by atoms with Crippen LogP contribution < -0.4 is 0 Å². The van der Waals surface area contributed by atoms with Gasteiger partial charge in [0, 0.05) is 45.2 Å². The van der Waals surface area contributed by atoms with Gasteiger partial charge in [-0.25, -0.2) is 9.97 Å². The number of rotatable bonds is 8. The first-order chi connectivity index (χ1) is 32.7. The zero-order valence-electron chi connectivity index (χ0n) is 35.9. The maximum Gasteiger partial charge on any atom is 0.160 e. The highest BCUT2D eigenvalue weighted by Gasteiger charge is 2.19. The van der Waals surface area contributed by atoms with Crippen molar-refractivity contribution in [3.63, 3.8) is 0 Å². The summed E-state index contributed by atoms with van der Waals surface area (Å²) in [6, 6.07) is 81.6. The Kier molecular flexibility index (Phi) is 9.81. The van der Waals surface area contributed by atoms with E-state index in [1.807, 2.05) is 24.5 Å². The van der Waals surface area contributed by atoms with Gasteiger partial charge in [-0.1, -0.05) is 194 Å². The molecule has 0 N–H and O–H groups in total. The Morgan fingerprint density at radius 1 is 0.242 bits per heavy atom. The number of para-hydroxylation sites is 2. The summed E-state index contributed by atoms with van der Waals surface area (Å²) >= 11 is 0. The van der Waals surface area contributed by atoms with Crippen molar-refractivity contribution in [2.75, 3.05) is 0 Å². The molecule has 0 bridgehead atoms. The Balaban J connectivity index is 1.05. The Labute approximate surface area is 383 Å². The molecule has 12 rings (SSSR count). The SMILES string of the molecule is c1ccc(-c2ccc(-c3cc(-c4ccc(-c5ccccc5)cc4)c4nc(-c5ccc(-c6ccnc7ccccc67)cc5)nc(-c5ccc(-c6ccnc7ccccc67)cc5)c4c3)cc2)cc1. The summed E-state index contributed by atoms with van der Waals surface area (Å²) in [5.41, 5.74) is 19.2. The highest BCUT2D eigenvalue weighted by molar-refractivity contribution is 6.05. The number of pyridine rings is 2. The predicted molar refractivity (Wildman–Crippen MR) is 274 cm³/mol. The van der Waals surface area contributed by atoms with Crippen molar-refractivity contribution in [2.24, 2.45) is 0 Å². The molecule has 12 aromatic rings. The van der Waals surface area contributed by atoms with Crippen LogP contribution in [0.15, 0.2) is 243 Å². The minimum Gasteiger partial charge on any atom is -0.256 e. The van der Waals surface area contributed by atoms with E-state index < -0.39 is 0 Å². The van der Waals surface area contributed by atoms with E-state index in [4.69, 9.17) is 9.97 Å². The van der Waals surface area contributed by atoms with E-state index in [9.17, 15) is 0 Å². The lowest BCUT2D eigenvalue weighted by molar-refractivity contribution is 1.23. The first kappa shape index (κ1) is 38.8. The molecule has 0 amide bonds. The van der Waals surface area contributed by atoms with Gasteiger partial charge < -0.3 is 0 Å². The molecule has 3 heterocycles. The first-order valence-corrected chi connectivity index (χ1v) is 22.3.